The maximum absolute atomic E-state index is 13.5. The molecule has 0 spiro atoms. The summed E-state index contributed by atoms with van der Waals surface area (Å²) in [5, 5.41) is 2.84. The summed E-state index contributed by atoms with van der Waals surface area (Å²) < 4.78 is 13.5. The maximum atomic E-state index is 13.5. The normalized spacial score (nSPS) is 12.3. The van der Waals surface area contributed by atoms with Gasteiger partial charge < -0.3 is 11.1 Å². The van der Waals surface area contributed by atoms with Gasteiger partial charge in [-0.2, -0.15) is 0 Å². The van der Waals surface area contributed by atoms with Gasteiger partial charge in [-0.25, -0.2) is 4.39 Å². The van der Waals surface area contributed by atoms with Crippen LogP contribution in [0.25, 0.3) is 0 Å². The molecule has 4 heteroatoms. The maximum Gasteiger partial charge on any atom is 0.220 e. The number of nitrogens with one attached hydrogen (secondary N) is 1. The summed E-state index contributed by atoms with van der Waals surface area (Å²) in [6.07, 6.45) is 2.13. The van der Waals surface area contributed by atoms with Gasteiger partial charge in [0.2, 0.25) is 5.91 Å². The quantitative estimate of drug-likeness (QED) is 0.831. The van der Waals surface area contributed by atoms with Crippen molar-refractivity contribution < 1.29 is 9.18 Å². The van der Waals surface area contributed by atoms with Crippen LogP contribution < -0.4 is 11.1 Å². The van der Waals surface area contributed by atoms with Gasteiger partial charge in [0.15, 0.2) is 0 Å². The van der Waals surface area contributed by atoms with E-state index in [-0.39, 0.29) is 17.8 Å². The van der Waals surface area contributed by atoms with Crippen LogP contribution in [-0.2, 0) is 11.3 Å². The molecule has 1 atom stereocenters. The van der Waals surface area contributed by atoms with Gasteiger partial charge in [-0.1, -0.05) is 12.1 Å². The Kier molecular flexibility index (Phi) is 5.96. The zero-order valence-corrected chi connectivity index (χ0v) is 11.9. The second kappa shape index (κ2) is 7.24. The SMILES string of the molecule is Cc1cc(CNC(=O)CCCC(C)N)cc(C)c1F. The molecule has 0 fully saturated rings. The summed E-state index contributed by atoms with van der Waals surface area (Å²) in [5.74, 6) is -0.160. The van der Waals surface area contributed by atoms with Crippen molar-refractivity contribution in [2.45, 2.75) is 52.6 Å². The van der Waals surface area contributed by atoms with Crippen molar-refractivity contribution in [3.8, 4) is 0 Å². The number of carbonyl (C=O) groups is 1. The van der Waals surface area contributed by atoms with Crippen LogP contribution in [0.2, 0.25) is 0 Å². The van der Waals surface area contributed by atoms with Crippen molar-refractivity contribution in [3.05, 3.63) is 34.6 Å². The lowest BCUT2D eigenvalue weighted by atomic mass is 10.1. The molecule has 0 aliphatic carbocycles. The third kappa shape index (κ3) is 5.39. The number of hydrogen-bond donors (Lipinski definition) is 2. The van der Waals surface area contributed by atoms with Crippen LogP contribution in [0.1, 0.15) is 42.9 Å². The first-order valence-corrected chi connectivity index (χ1v) is 6.68. The standard InChI is InChI=1S/C15H23FN2O/c1-10-7-13(8-11(2)15(10)16)9-18-14(19)6-4-5-12(3)17/h7-8,12H,4-6,9,17H2,1-3H3,(H,18,19). The van der Waals surface area contributed by atoms with Gasteiger partial charge in [0, 0.05) is 19.0 Å². The molecule has 0 aromatic heterocycles. The number of carbonyl (C=O) groups excluding carboxylic acids is 1. The summed E-state index contributed by atoms with van der Waals surface area (Å²) in [5.41, 5.74) is 7.78. The Hall–Kier alpha value is -1.42. The number of benzene rings is 1. The summed E-state index contributed by atoms with van der Waals surface area (Å²) in [6, 6.07) is 3.67. The summed E-state index contributed by atoms with van der Waals surface area (Å²) in [4.78, 5) is 11.6. The highest BCUT2D eigenvalue weighted by Crippen LogP contribution is 2.14. The minimum atomic E-state index is -0.174. The Morgan fingerprint density at radius 1 is 1.37 bits per heavy atom. The van der Waals surface area contributed by atoms with Crippen molar-refractivity contribution in [3.63, 3.8) is 0 Å². The number of nitrogens with two attached hydrogens (primary N) is 1. The first kappa shape index (κ1) is 15.6. The minimum Gasteiger partial charge on any atom is -0.352 e. The van der Waals surface area contributed by atoms with Crippen molar-refractivity contribution >= 4 is 5.91 Å². The van der Waals surface area contributed by atoms with Gasteiger partial charge in [-0.15, -0.1) is 0 Å². The van der Waals surface area contributed by atoms with Crippen LogP contribution in [0.5, 0.6) is 0 Å². The predicted molar refractivity (Wildman–Crippen MR) is 75.2 cm³/mol. The fraction of sp³-hybridized carbons (Fsp3) is 0.533. The van der Waals surface area contributed by atoms with E-state index in [1.165, 1.54) is 0 Å². The molecule has 0 aliphatic heterocycles. The second-order valence-electron chi connectivity index (χ2n) is 5.19. The van der Waals surface area contributed by atoms with E-state index in [0.29, 0.717) is 24.1 Å². The lowest BCUT2D eigenvalue weighted by Gasteiger charge is -2.09. The third-order valence-corrected chi connectivity index (χ3v) is 3.05. The minimum absolute atomic E-state index is 0.0141. The Balaban J connectivity index is 2.42. The van der Waals surface area contributed by atoms with Gasteiger partial charge >= 0.3 is 0 Å². The predicted octanol–water partition coefficient (Wildman–Crippen LogP) is 2.58. The van der Waals surface area contributed by atoms with E-state index in [0.717, 1.165) is 18.4 Å². The van der Waals surface area contributed by atoms with Crippen molar-refractivity contribution in [1.29, 1.82) is 0 Å². The molecule has 106 valence electrons. The molecule has 0 saturated heterocycles. The molecule has 1 aromatic rings. The van der Waals surface area contributed by atoms with Gasteiger partial charge in [-0.3, -0.25) is 4.79 Å². The summed E-state index contributed by atoms with van der Waals surface area (Å²) in [7, 11) is 0. The van der Waals surface area contributed by atoms with Crippen molar-refractivity contribution in [1.82, 2.24) is 5.32 Å². The third-order valence-electron chi connectivity index (χ3n) is 3.05. The Morgan fingerprint density at radius 2 is 1.95 bits per heavy atom. The Morgan fingerprint density at radius 3 is 2.47 bits per heavy atom. The Labute approximate surface area is 114 Å². The second-order valence-corrected chi connectivity index (χ2v) is 5.19. The molecule has 0 heterocycles. The van der Waals surface area contributed by atoms with Crippen LogP contribution in [-0.4, -0.2) is 11.9 Å². The summed E-state index contributed by atoms with van der Waals surface area (Å²) >= 11 is 0. The van der Waals surface area contributed by atoms with E-state index in [1.54, 1.807) is 26.0 Å². The lowest BCUT2D eigenvalue weighted by Crippen LogP contribution is -2.23. The first-order chi connectivity index (χ1) is 8.90. The smallest absolute Gasteiger partial charge is 0.220 e. The number of amides is 1. The molecule has 1 rings (SSSR count). The average Bonchev–Trinajstić information content (AvgIpc) is 2.32. The molecule has 0 bridgehead atoms. The van der Waals surface area contributed by atoms with Crippen LogP contribution in [0.15, 0.2) is 12.1 Å². The van der Waals surface area contributed by atoms with Crippen LogP contribution in [0, 0.1) is 19.7 Å². The largest absolute Gasteiger partial charge is 0.352 e. The molecule has 0 radical (unpaired) electrons. The fourth-order valence-corrected chi connectivity index (χ4v) is 2.01. The molecule has 0 aliphatic rings. The van der Waals surface area contributed by atoms with Gasteiger partial charge in [0.25, 0.3) is 0 Å². The van der Waals surface area contributed by atoms with Crippen LogP contribution >= 0.6 is 0 Å². The van der Waals surface area contributed by atoms with E-state index < -0.39 is 0 Å². The summed E-state index contributed by atoms with van der Waals surface area (Å²) in [6.45, 7) is 5.84. The van der Waals surface area contributed by atoms with E-state index in [2.05, 4.69) is 5.32 Å². The molecule has 19 heavy (non-hydrogen) atoms. The van der Waals surface area contributed by atoms with Crippen LogP contribution in [0.4, 0.5) is 4.39 Å². The zero-order valence-electron chi connectivity index (χ0n) is 11.9. The number of hydrogen-bond acceptors (Lipinski definition) is 2. The number of halogens is 1. The zero-order chi connectivity index (χ0) is 14.4. The fourth-order valence-electron chi connectivity index (χ4n) is 2.01. The monoisotopic (exact) mass is 266 g/mol. The van der Waals surface area contributed by atoms with Gasteiger partial charge in [-0.05, 0) is 50.3 Å². The van der Waals surface area contributed by atoms with E-state index in [9.17, 15) is 9.18 Å². The molecule has 0 saturated carbocycles. The van der Waals surface area contributed by atoms with Gasteiger partial charge in [0.05, 0.1) is 0 Å². The molecule has 3 nitrogen and oxygen atoms in total. The highest BCUT2D eigenvalue weighted by molar-refractivity contribution is 5.75. The Bertz CT molecular complexity index is 421. The molecular formula is C15H23FN2O. The van der Waals surface area contributed by atoms with E-state index in [4.69, 9.17) is 5.73 Å². The van der Waals surface area contributed by atoms with Crippen LogP contribution in [0.3, 0.4) is 0 Å². The molecule has 1 unspecified atom stereocenters. The number of aryl methyl sites for hydroxylation is 2. The molecular weight excluding hydrogens is 243 g/mol. The molecule has 3 N–H and O–H groups in total. The lowest BCUT2D eigenvalue weighted by molar-refractivity contribution is -0.121. The van der Waals surface area contributed by atoms with Crippen molar-refractivity contribution in [2.75, 3.05) is 0 Å². The topological polar surface area (TPSA) is 55.1 Å². The van der Waals surface area contributed by atoms with E-state index in [1.807, 2.05) is 6.92 Å². The molecule has 1 aromatic carbocycles. The highest BCUT2D eigenvalue weighted by Gasteiger charge is 2.06. The van der Waals surface area contributed by atoms with Gasteiger partial charge in [0.1, 0.15) is 5.82 Å². The number of rotatable bonds is 6. The highest BCUT2D eigenvalue weighted by atomic mass is 19.1. The molecule has 1 amide bonds. The van der Waals surface area contributed by atoms with E-state index >= 15 is 0 Å². The first-order valence-electron chi connectivity index (χ1n) is 6.68. The average molecular weight is 266 g/mol. The van der Waals surface area contributed by atoms with Crippen molar-refractivity contribution in [2.24, 2.45) is 5.73 Å².